The Labute approximate surface area is 478 Å². The largest absolute Gasteiger partial charge is 0.756 e. The summed E-state index contributed by atoms with van der Waals surface area (Å²) in [5.41, 5.74) is 0. The van der Waals surface area contributed by atoms with Crippen molar-refractivity contribution < 1.29 is 32.9 Å². The number of nitrogens with zero attached hydrogens (tertiary/aromatic N) is 1. The van der Waals surface area contributed by atoms with E-state index in [2.05, 4.69) is 79.9 Å². The number of phosphoric acid groups is 1. The van der Waals surface area contributed by atoms with Gasteiger partial charge in [-0.2, -0.15) is 0 Å². The molecule has 0 saturated carbocycles. The van der Waals surface area contributed by atoms with Crippen LogP contribution < -0.4 is 10.2 Å². The fourth-order valence-electron chi connectivity index (χ4n) is 9.49. The molecule has 9 heteroatoms. The van der Waals surface area contributed by atoms with Gasteiger partial charge in [0, 0.05) is 6.42 Å². The lowest BCUT2D eigenvalue weighted by Crippen LogP contribution is -2.45. The predicted molar refractivity (Wildman–Crippen MR) is 334 cm³/mol. The highest BCUT2D eigenvalue weighted by atomic mass is 31.2. The summed E-state index contributed by atoms with van der Waals surface area (Å²) in [7, 11) is 1.23. The lowest BCUT2D eigenvalue weighted by Gasteiger charge is -2.29. The second-order valence-electron chi connectivity index (χ2n) is 23.4. The second kappa shape index (κ2) is 58.6. The topological polar surface area (TPSA) is 108 Å². The SMILES string of the molecule is CCCCCCC/C=C\C/C=C\C/C=C\CCCCCCCCCCCCCCC(=O)NC(COP(=O)([O-])OCC[N+](C)(C)C)C(O)/C=C/CC/C=C/CC/C=C/CCCCCCCCCCCCCCCCCCCC. The van der Waals surface area contributed by atoms with E-state index in [1.807, 2.05) is 27.2 Å². The fourth-order valence-corrected chi connectivity index (χ4v) is 10.2. The Morgan fingerprint density at radius 3 is 1.14 bits per heavy atom. The zero-order valence-electron chi connectivity index (χ0n) is 51.4. The summed E-state index contributed by atoms with van der Waals surface area (Å²) in [6.45, 7) is 4.64. The monoisotopic (exact) mass is 1100 g/mol. The van der Waals surface area contributed by atoms with Gasteiger partial charge in [0.15, 0.2) is 0 Å². The van der Waals surface area contributed by atoms with Crippen molar-refractivity contribution in [3.05, 3.63) is 72.9 Å². The molecule has 3 unspecified atom stereocenters. The van der Waals surface area contributed by atoms with Gasteiger partial charge in [-0.05, 0) is 83.5 Å². The third kappa shape index (κ3) is 61.4. The minimum Gasteiger partial charge on any atom is -0.756 e. The Morgan fingerprint density at radius 1 is 0.455 bits per heavy atom. The molecule has 1 amide bonds. The smallest absolute Gasteiger partial charge is 0.268 e. The normalized spacial score (nSPS) is 14.2. The molecule has 0 rings (SSSR count). The third-order valence-electron chi connectivity index (χ3n) is 14.6. The molecular weight excluding hydrogens is 972 g/mol. The summed E-state index contributed by atoms with van der Waals surface area (Å²) < 4.78 is 23.4. The number of hydrogen-bond acceptors (Lipinski definition) is 6. The number of rotatable bonds is 60. The first-order valence-electron chi connectivity index (χ1n) is 32.8. The number of amides is 1. The van der Waals surface area contributed by atoms with Gasteiger partial charge in [0.2, 0.25) is 5.91 Å². The summed E-state index contributed by atoms with van der Waals surface area (Å²) in [6.07, 6.45) is 81.5. The van der Waals surface area contributed by atoms with E-state index in [-0.39, 0.29) is 12.5 Å². The zero-order chi connectivity index (χ0) is 56.3. The number of phosphoric ester groups is 1. The Hall–Kier alpha value is -2.06. The van der Waals surface area contributed by atoms with Gasteiger partial charge in [0.25, 0.3) is 7.82 Å². The van der Waals surface area contributed by atoms with Crippen molar-refractivity contribution in [2.24, 2.45) is 0 Å². The lowest BCUT2D eigenvalue weighted by molar-refractivity contribution is -0.870. The van der Waals surface area contributed by atoms with Crippen LogP contribution in [0.4, 0.5) is 0 Å². The highest BCUT2D eigenvalue weighted by Gasteiger charge is 2.23. The molecule has 0 aromatic heterocycles. The minimum atomic E-state index is -4.62. The van der Waals surface area contributed by atoms with Crippen molar-refractivity contribution in [2.75, 3.05) is 40.9 Å². The van der Waals surface area contributed by atoms with E-state index in [4.69, 9.17) is 9.05 Å². The average Bonchev–Trinajstić information content (AvgIpc) is 3.39. The van der Waals surface area contributed by atoms with Gasteiger partial charge in [-0.15, -0.1) is 0 Å². The molecule has 0 aromatic carbocycles. The molecule has 0 radical (unpaired) electrons. The van der Waals surface area contributed by atoms with Crippen LogP contribution in [0, 0.1) is 0 Å². The fraction of sp³-hybridized carbons (Fsp3) is 0.809. The molecule has 0 saturated heterocycles. The molecule has 3 atom stereocenters. The molecule has 0 aliphatic heterocycles. The van der Waals surface area contributed by atoms with E-state index in [0.717, 1.165) is 57.8 Å². The van der Waals surface area contributed by atoms with Crippen molar-refractivity contribution in [3.8, 4) is 0 Å². The molecule has 0 aromatic rings. The molecule has 0 fully saturated rings. The van der Waals surface area contributed by atoms with Gasteiger partial charge in [0.05, 0.1) is 39.9 Å². The first-order valence-corrected chi connectivity index (χ1v) is 34.3. The van der Waals surface area contributed by atoms with Crippen LogP contribution in [0.1, 0.15) is 303 Å². The number of carbonyl (C=O) groups is 1. The summed E-state index contributed by atoms with van der Waals surface area (Å²) in [4.78, 5) is 25.6. The predicted octanol–water partition coefficient (Wildman–Crippen LogP) is 20.0. The number of aliphatic hydroxyl groups excluding tert-OH is 1. The maximum atomic E-state index is 13.0. The van der Waals surface area contributed by atoms with E-state index >= 15 is 0 Å². The van der Waals surface area contributed by atoms with Crippen LogP contribution in [0.5, 0.6) is 0 Å². The number of unbranched alkanes of at least 4 members (excludes halogenated alkanes) is 37. The number of hydrogen-bond donors (Lipinski definition) is 2. The number of nitrogens with one attached hydrogen (secondary N) is 1. The highest BCUT2D eigenvalue weighted by Crippen LogP contribution is 2.38. The van der Waals surface area contributed by atoms with Gasteiger partial charge < -0.3 is 28.8 Å². The molecule has 450 valence electrons. The van der Waals surface area contributed by atoms with Crippen LogP contribution in [0.25, 0.3) is 0 Å². The molecule has 0 spiro atoms. The lowest BCUT2D eigenvalue weighted by atomic mass is 10.0. The first kappa shape index (κ1) is 74.9. The molecule has 0 aliphatic carbocycles. The van der Waals surface area contributed by atoms with Gasteiger partial charge in [-0.1, -0.05) is 286 Å². The van der Waals surface area contributed by atoms with Crippen molar-refractivity contribution in [1.82, 2.24) is 5.32 Å². The number of aliphatic hydroxyl groups is 1. The Balaban J connectivity index is 4.20. The highest BCUT2D eigenvalue weighted by molar-refractivity contribution is 7.45. The van der Waals surface area contributed by atoms with Crippen LogP contribution in [-0.4, -0.2) is 68.5 Å². The van der Waals surface area contributed by atoms with Gasteiger partial charge in [-0.25, -0.2) is 0 Å². The van der Waals surface area contributed by atoms with Crippen LogP contribution in [0.2, 0.25) is 0 Å². The van der Waals surface area contributed by atoms with Crippen LogP contribution in [-0.2, 0) is 18.4 Å². The van der Waals surface area contributed by atoms with E-state index in [1.165, 1.54) is 225 Å². The van der Waals surface area contributed by atoms with Crippen molar-refractivity contribution in [1.29, 1.82) is 0 Å². The molecule has 8 nitrogen and oxygen atoms in total. The summed E-state index contributed by atoms with van der Waals surface area (Å²) in [5.74, 6) is -0.212. The zero-order valence-corrected chi connectivity index (χ0v) is 52.3. The number of quaternary nitrogens is 1. The maximum Gasteiger partial charge on any atom is 0.268 e. The summed E-state index contributed by atoms with van der Waals surface area (Å²) >= 11 is 0. The average molecular weight is 1100 g/mol. The van der Waals surface area contributed by atoms with Crippen LogP contribution >= 0.6 is 7.82 Å². The van der Waals surface area contributed by atoms with Crippen molar-refractivity contribution in [3.63, 3.8) is 0 Å². The number of allylic oxidation sites excluding steroid dienone is 11. The number of carbonyl (C=O) groups excluding carboxylic acids is 1. The van der Waals surface area contributed by atoms with Crippen LogP contribution in [0.15, 0.2) is 72.9 Å². The standard InChI is InChI=1S/C68H127N2O6P/c1-6-8-10-12-14-16-18-20-22-24-26-28-30-32-34-36-37-39-41-43-45-47-49-51-53-55-57-59-61-67(71)66(65-76-77(73,74)75-64-63-70(3,4)5)69-68(72)62-60-58-56-54-52-50-48-46-44-42-40-38-35-33-31-29-27-25-23-21-19-17-15-13-11-9-7-2/h19,21,25,27,31,33,43,45,51,53,59,61,66-67,71H,6-18,20,22-24,26,28-30,32,34-42,44,46-50,52,54-58,60,62-65H2,1-5H3,(H-,69,72,73,74)/b21-19-,27-25-,33-31-,45-43+,53-51+,61-59+. The van der Waals surface area contributed by atoms with E-state index in [9.17, 15) is 19.4 Å². The molecule has 0 heterocycles. The molecule has 0 aliphatic rings. The first-order chi connectivity index (χ1) is 37.5. The number of likely N-dealkylation sites (N-methyl/N-ethyl adjacent to an activating group) is 1. The van der Waals surface area contributed by atoms with Crippen LogP contribution in [0.3, 0.4) is 0 Å². The molecule has 0 bridgehead atoms. The molecule has 77 heavy (non-hydrogen) atoms. The van der Waals surface area contributed by atoms with Gasteiger partial charge in [0.1, 0.15) is 13.2 Å². The van der Waals surface area contributed by atoms with E-state index in [0.29, 0.717) is 17.4 Å². The minimum absolute atomic E-state index is 0.0115. The Morgan fingerprint density at radius 2 is 0.766 bits per heavy atom. The van der Waals surface area contributed by atoms with E-state index in [1.54, 1.807) is 6.08 Å². The quantitative estimate of drug-likeness (QED) is 0.0272. The Bertz CT molecular complexity index is 1480. The van der Waals surface area contributed by atoms with E-state index < -0.39 is 26.6 Å². The van der Waals surface area contributed by atoms with Gasteiger partial charge >= 0.3 is 0 Å². The molecular formula is C68H127N2O6P. The maximum absolute atomic E-state index is 13.0. The van der Waals surface area contributed by atoms with Crippen molar-refractivity contribution >= 4 is 13.7 Å². The van der Waals surface area contributed by atoms with Crippen molar-refractivity contribution in [2.45, 2.75) is 315 Å². The summed E-state index contributed by atoms with van der Waals surface area (Å²) in [5, 5.41) is 13.9. The molecule has 2 N–H and O–H groups in total. The third-order valence-corrected chi connectivity index (χ3v) is 15.6. The second-order valence-corrected chi connectivity index (χ2v) is 24.9. The summed E-state index contributed by atoms with van der Waals surface area (Å²) in [6, 6.07) is -0.916. The van der Waals surface area contributed by atoms with Gasteiger partial charge in [-0.3, -0.25) is 9.36 Å². The Kier molecular flexibility index (Phi) is 57.0.